The van der Waals surface area contributed by atoms with Crippen molar-refractivity contribution in [3.8, 4) is 6.07 Å². The van der Waals surface area contributed by atoms with Crippen LogP contribution >= 0.6 is 0 Å². The minimum atomic E-state index is -0.649. The summed E-state index contributed by atoms with van der Waals surface area (Å²) >= 11 is 0. The molecule has 0 radical (unpaired) electrons. The molecule has 8 nitrogen and oxygen atoms in total. The SMILES string of the molecule is CC(C)(C)OC(=O)OC1CCCN(CC2CN(c3ccc(C#N)cc3)C(=O)O2)C1. The third-order valence-electron chi connectivity index (χ3n) is 4.76. The number of amides is 1. The highest BCUT2D eigenvalue weighted by atomic mass is 16.7. The molecule has 2 aliphatic heterocycles. The average Bonchev–Trinajstić information content (AvgIpc) is 3.00. The number of nitriles is 1. The summed E-state index contributed by atoms with van der Waals surface area (Å²) in [6.07, 6.45) is 0.149. The van der Waals surface area contributed by atoms with Gasteiger partial charge < -0.3 is 14.2 Å². The van der Waals surface area contributed by atoms with Gasteiger partial charge in [0.15, 0.2) is 0 Å². The third-order valence-corrected chi connectivity index (χ3v) is 4.76. The molecule has 0 saturated carbocycles. The molecule has 1 aromatic rings. The van der Waals surface area contributed by atoms with Crippen molar-refractivity contribution in [3.05, 3.63) is 29.8 Å². The van der Waals surface area contributed by atoms with E-state index in [2.05, 4.69) is 11.0 Å². The number of likely N-dealkylation sites (tertiary alicyclic amines) is 1. The van der Waals surface area contributed by atoms with Gasteiger partial charge in [-0.15, -0.1) is 0 Å². The summed E-state index contributed by atoms with van der Waals surface area (Å²) in [6.45, 7) is 7.87. The number of carbonyl (C=O) groups is 2. The van der Waals surface area contributed by atoms with Crippen LogP contribution in [0, 0.1) is 11.3 Å². The largest absolute Gasteiger partial charge is 0.509 e. The zero-order chi connectivity index (χ0) is 21.0. The van der Waals surface area contributed by atoms with Gasteiger partial charge in [-0.1, -0.05) is 0 Å². The number of piperidine rings is 1. The van der Waals surface area contributed by atoms with Crippen LogP contribution in [-0.2, 0) is 14.2 Å². The van der Waals surface area contributed by atoms with E-state index in [1.165, 1.54) is 0 Å². The summed E-state index contributed by atoms with van der Waals surface area (Å²) in [4.78, 5) is 27.9. The normalized spacial score (nSPS) is 22.7. The molecule has 2 atom stereocenters. The van der Waals surface area contributed by atoms with Gasteiger partial charge in [-0.25, -0.2) is 9.59 Å². The monoisotopic (exact) mass is 401 g/mol. The lowest BCUT2D eigenvalue weighted by Gasteiger charge is -2.33. The van der Waals surface area contributed by atoms with E-state index in [9.17, 15) is 9.59 Å². The number of anilines is 1. The van der Waals surface area contributed by atoms with Crippen LogP contribution in [0.1, 0.15) is 39.2 Å². The zero-order valence-electron chi connectivity index (χ0n) is 17.1. The number of rotatable bonds is 4. The minimum absolute atomic E-state index is 0.231. The summed E-state index contributed by atoms with van der Waals surface area (Å²) < 4.78 is 16.2. The first-order valence-electron chi connectivity index (χ1n) is 9.84. The van der Waals surface area contributed by atoms with Gasteiger partial charge in [0.05, 0.1) is 18.2 Å². The van der Waals surface area contributed by atoms with Crippen LogP contribution in [0.5, 0.6) is 0 Å². The van der Waals surface area contributed by atoms with Gasteiger partial charge in [0.1, 0.15) is 17.8 Å². The maximum Gasteiger partial charge on any atom is 0.509 e. The fraction of sp³-hybridized carbons (Fsp3) is 0.571. The molecule has 2 fully saturated rings. The Kier molecular flexibility index (Phi) is 6.28. The first kappa shape index (κ1) is 20.9. The van der Waals surface area contributed by atoms with Crippen molar-refractivity contribution in [2.75, 3.05) is 31.1 Å². The maximum absolute atomic E-state index is 12.3. The predicted molar refractivity (Wildman–Crippen MR) is 106 cm³/mol. The number of hydrogen-bond donors (Lipinski definition) is 0. The highest BCUT2D eigenvalue weighted by molar-refractivity contribution is 5.89. The first-order chi connectivity index (χ1) is 13.7. The molecule has 0 N–H and O–H groups in total. The molecule has 156 valence electrons. The van der Waals surface area contributed by atoms with E-state index in [-0.39, 0.29) is 12.2 Å². The Balaban J connectivity index is 1.51. The third kappa shape index (κ3) is 5.84. The van der Waals surface area contributed by atoms with Crippen molar-refractivity contribution in [3.63, 3.8) is 0 Å². The molecule has 0 aromatic heterocycles. The molecule has 0 aliphatic carbocycles. The Morgan fingerprint density at radius 1 is 1.28 bits per heavy atom. The van der Waals surface area contributed by atoms with Crippen molar-refractivity contribution in [1.82, 2.24) is 4.90 Å². The zero-order valence-corrected chi connectivity index (χ0v) is 17.1. The smallest absolute Gasteiger partial charge is 0.443 e. The second-order valence-corrected chi connectivity index (χ2v) is 8.38. The first-order valence-corrected chi connectivity index (χ1v) is 9.84. The predicted octanol–water partition coefficient (Wildman–Crippen LogP) is 3.30. The quantitative estimate of drug-likeness (QED) is 0.715. The Morgan fingerprint density at radius 2 is 2.00 bits per heavy atom. The topological polar surface area (TPSA) is 92.1 Å². The second-order valence-electron chi connectivity index (χ2n) is 8.38. The Hall–Kier alpha value is -2.79. The number of cyclic esters (lactones) is 1. The Labute approximate surface area is 170 Å². The van der Waals surface area contributed by atoms with E-state index in [1.807, 2.05) is 0 Å². The Morgan fingerprint density at radius 3 is 2.66 bits per heavy atom. The molecule has 29 heavy (non-hydrogen) atoms. The molecule has 2 unspecified atom stereocenters. The van der Waals surface area contributed by atoms with E-state index in [1.54, 1.807) is 49.9 Å². The van der Waals surface area contributed by atoms with Crippen molar-refractivity contribution < 1.29 is 23.8 Å². The van der Waals surface area contributed by atoms with Gasteiger partial charge in [-0.05, 0) is 64.4 Å². The maximum atomic E-state index is 12.3. The van der Waals surface area contributed by atoms with Gasteiger partial charge in [-0.2, -0.15) is 5.26 Å². The van der Waals surface area contributed by atoms with Crippen molar-refractivity contribution >= 4 is 17.9 Å². The van der Waals surface area contributed by atoms with Gasteiger partial charge in [-0.3, -0.25) is 9.80 Å². The van der Waals surface area contributed by atoms with E-state index < -0.39 is 17.8 Å². The van der Waals surface area contributed by atoms with Crippen LogP contribution in [0.15, 0.2) is 24.3 Å². The molecule has 1 amide bonds. The Bertz CT molecular complexity index is 781. The number of carbonyl (C=O) groups excluding carboxylic acids is 2. The molecular formula is C21H27N3O5. The van der Waals surface area contributed by atoms with Crippen LogP contribution in [0.2, 0.25) is 0 Å². The van der Waals surface area contributed by atoms with Crippen LogP contribution in [0.3, 0.4) is 0 Å². The highest BCUT2D eigenvalue weighted by Crippen LogP contribution is 2.24. The van der Waals surface area contributed by atoms with Crippen LogP contribution in [0.4, 0.5) is 15.3 Å². The molecule has 8 heteroatoms. The highest BCUT2D eigenvalue weighted by Gasteiger charge is 2.35. The van der Waals surface area contributed by atoms with Crippen LogP contribution in [-0.4, -0.2) is 61.1 Å². The average molecular weight is 401 g/mol. The fourth-order valence-corrected chi connectivity index (χ4v) is 3.52. The number of nitrogens with zero attached hydrogens (tertiary/aromatic N) is 3. The van der Waals surface area contributed by atoms with E-state index in [0.717, 1.165) is 19.4 Å². The lowest BCUT2D eigenvalue weighted by Crippen LogP contribution is -2.45. The van der Waals surface area contributed by atoms with Gasteiger partial charge >= 0.3 is 12.2 Å². The van der Waals surface area contributed by atoms with Crippen molar-refractivity contribution in [2.45, 2.75) is 51.4 Å². The minimum Gasteiger partial charge on any atom is -0.443 e. The van der Waals surface area contributed by atoms with E-state index in [4.69, 9.17) is 19.5 Å². The molecule has 1 aromatic carbocycles. The van der Waals surface area contributed by atoms with Crippen molar-refractivity contribution in [1.29, 1.82) is 5.26 Å². The molecule has 2 heterocycles. The summed E-state index contributed by atoms with van der Waals surface area (Å²) in [5, 5.41) is 8.90. The second kappa shape index (κ2) is 8.70. The van der Waals surface area contributed by atoms with E-state index in [0.29, 0.717) is 30.9 Å². The standard InChI is InChI=1S/C21H27N3O5/c1-21(2,3)29-20(26)28-17-5-4-10-23(12-17)13-18-14-24(19(25)27-18)16-8-6-15(11-22)7-9-16/h6-9,17-18H,4-5,10,12-14H2,1-3H3. The summed E-state index contributed by atoms with van der Waals surface area (Å²) in [7, 11) is 0. The lowest BCUT2D eigenvalue weighted by atomic mass is 10.1. The number of ether oxygens (including phenoxy) is 3. The molecule has 0 spiro atoms. The van der Waals surface area contributed by atoms with E-state index >= 15 is 0 Å². The summed E-state index contributed by atoms with van der Waals surface area (Å²) in [5.74, 6) is 0. The number of hydrogen-bond acceptors (Lipinski definition) is 7. The molecule has 2 aliphatic rings. The van der Waals surface area contributed by atoms with Crippen molar-refractivity contribution in [2.24, 2.45) is 0 Å². The van der Waals surface area contributed by atoms with Gasteiger partial charge in [0.25, 0.3) is 0 Å². The lowest BCUT2D eigenvalue weighted by molar-refractivity contribution is -0.0444. The fourth-order valence-electron chi connectivity index (χ4n) is 3.52. The van der Waals surface area contributed by atoms with Gasteiger partial charge in [0.2, 0.25) is 0 Å². The molecular weight excluding hydrogens is 374 g/mol. The molecule has 0 bridgehead atoms. The molecule has 2 saturated heterocycles. The van der Waals surface area contributed by atoms with Crippen LogP contribution in [0.25, 0.3) is 0 Å². The summed E-state index contributed by atoms with van der Waals surface area (Å²) in [5.41, 5.74) is 0.668. The van der Waals surface area contributed by atoms with Gasteiger partial charge in [0, 0.05) is 18.8 Å². The van der Waals surface area contributed by atoms with Crippen LogP contribution < -0.4 is 4.90 Å². The summed E-state index contributed by atoms with van der Waals surface area (Å²) in [6, 6.07) is 8.91. The molecule has 3 rings (SSSR count). The number of benzene rings is 1.